The van der Waals surface area contributed by atoms with Gasteiger partial charge >= 0.3 is 0 Å². The normalized spacial score (nSPS) is 21.2. The molecular weight excluding hydrogens is 335 g/mol. The van der Waals surface area contributed by atoms with Gasteiger partial charge in [0.25, 0.3) is 5.91 Å². The quantitative estimate of drug-likeness (QED) is 0.844. The number of methoxy groups -OCH3 is 1. The van der Waals surface area contributed by atoms with Crippen molar-refractivity contribution < 1.29 is 18.7 Å². The maximum Gasteiger partial charge on any atom is 0.256 e. The number of rotatable bonds is 4. The van der Waals surface area contributed by atoms with E-state index >= 15 is 0 Å². The lowest BCUT2D eigenvalue weighted by Gasteiger charge is -2.20. The van der Waals surface area contributed by atoms with Gasteiger partial charge in [0.1, 0.15) is 12.8 Å². The number of aliphatic imine (C=N–C) groups is 1. The Balaban J connectivity index is 1.65. The van der Waals surface area contributed by atoms with Crippen molar-refractivity contribution >= 4 is 17.8 Å². The third-order valence-electron chi connectivity index (χ3n) is 4.69. The minimum Gasteiger partial charge on any atom is -0.493 e. The van der Waals surface area contributed by atoms with Gasteiger partial charge in [0, 0.05) is 18.7 Å². The summed E-state index contributed by atoms with van der Waals surface area (Å²) >= 11 is 0. The van der Waals surface area contributed by atoms with Crippen molar-refractivity contribution in [3.05, 3.63) is 53.6 Å². The maximum absolute atomic E-state index is 13.7. The number of carbonyl (C=O) groups is 1. The molecule has 2 aromatic carbocycles. The number of carbonyl (C=O) groups excluding carboxylic acids is 1. The fraction of sp³-hybridized carbons (Fsp3) is 0.300. The van der Waals surface area contributed by atoms with E-state index < -0.39 is 6.17 Å². The molecule has 0 N–H and O–H groups in total. The summed E-state index contributed by atoms with van der Waals surface area (Å²) in [7, 11) is 1.53. The molecule has 0 spiro atoms. The number of halogens is 1. The first-order valence-corrected chi connectivity index (χ1v) is 8.53. The number of alkyl halides is 1. The molecule has 0 saturated carbocycles. The van der Waals surface area contributed by atoms with Crippen LogP contribution in [0.5, 0.6) is 11.5 Å². The Morgan fingerprint density at radius 2 is 2.04 bits per heavy atom. The van der Waals surface area contributed by atoms with Crippen molar-refractivity contribution in [1.29, 1.82) is 0 Å². The van der Waals surface area contributed by atoms with E-state index in [0.29, 0.717) is 29.4 Å². The van der Waals surface area contributed by atoms with Crippen molar-refractivity contribution in [2.45, 2.75) is 25.2 Å². The smallest absolute Gasteiger partial charge is 0.256 e. The van der Waals surface area contributed by atoms with Crippen LogP contribution in [-0.2, 0) is 6.61 Å². The number of nitrogens with zero attached hydrogens (tertiary/aromatic N) is 2. The molecule has 4 rings (SSSR count). The number of hydrogen-bond acceptors (Lipinski definition) is 4. The molecule has 1 saturated heterocycles. The zero-order valence-corrected chi connectivity index (χ0v) is 14.4. The third kappa shape index (κ3) is 3.03. The molecule has 6 heteroatoms. The van der Waals surface area contributed by atoms with Crippen molar-refractivity contribution in [3.8, 4) is 11.5 Å². The largest absolute Gasteiger partial charge is 0.493 e. The van der Waals surface area contributed by atoms with Crippen LogP contribution < -0.4 is 9.47 Å². The van der Waals surface area contributed by atoms with Crippen LogP contribution in [0.25, 0.3) is 0 Å². The molecule has 134 valence electrons. The molecule has 0 aliphatic carbocycles. The Bertz CT molecular complexity index is 854. The lowest BCUT2D eigenvalue weighted by Crippen LogP contribution is -2.35. The van der Waals surface area contributed by atoms with Crippen LogP contribution in [0, 0.1) is 0 Å². The van der Waals surface area contributed by atoms with Crippen molar-refractivity contribution in [2.75, 3.05) is 13.7 Å². The second-order valence-corrected chi connectivity index (χ2v) is 6.43. The molecule has 26 heavy (non-hydrogen) atoms. The molecule has 0 bridgehead atoms. The Hall–Kier alpha value is -2.89. The highest BCUT2D eigenvalue weighted by atomic mass is 19.1. The van der Waals surface area contributed by atoms with Gasteiger partial charge in [-0.2, -0.15) is 0 Å². The number of fused-ring (bicyclic) bond motifs is 2. The van der Waals surface area contributed by atoms with Gasteiger partial charge in [-0.05, 0) is 11.6 Å². The van der Waals surface area contributed by atoms with E-state index in [1.165, 1.54) is 12.0 Å². The van der Waals surface area contributed by atoms with E-state index in [1.807, 2.05) is 30.3 Å². The Morgan fingerprint density at radius 1 is 1.23 bits per heavy atom. The van der Waals surface area contributed by atoms with E-state index in [2.05, 4.69) is 4.99 Å². The molecule has 0 aromatic heterocycles. The summed E-state index contributed by atoms with van der Waals surface area (Å²) in [6.45, 7) is 0.482. The molecule has 0 radical (unpaired) electrons. The number of benzene rings is 2. The van der Waals surface area contributed by atoms with Crippen LogP contribution in [0.2, 0.25) is 0 Å². The first-order valence-electron chi connectivity index (χ1n) is 8.53. The van der Waals surface area contributed by atoms with E-state index in [4.69, 9.17) is 9.47 Å². The van der Waals surface area contributed by atoms with Gasteiger partial charge in [0.2, 0.25) is 0 Å². The highest BCUT2D eigenvalue weighted by molar-refractivity contribution is 6.03. The SMILES string of the molecule is COc1cc2c(cc1OCc1ccccc1)N=C[C@@H]1C[C@H](F)CN1C2=O. The van der Waals surface area contributed by atoms with Crippen LogP contribution >= 0.6 is 0 Å². The van der Waals surface area contributed by atoms with E-state index in [0.717, 1.165) is 5.56 Å². The zero-order chi connectivity index (χ0) is 18.1. The molecule has 0 unspecified atom stereocenters. The van der Waals surface area contributed by atoms with Crippen LogP contribution in [0.4, 0.5) is 10.1 Å². The zero-order valence-electron chi connectivity index (χ0n) is 14.4. The number of ether oxygens (including phenoxy) is 2. The van der Waals surface area contributed by atoms with Gasteiger partial charge in [-0.25, -0.2) is 4.39 Å². The first-order chi connectivity index (χ1) is 12.7. The maximum atomic E-state index is 13.7. The fourth-order valence-electron chi connectivity index (χ4n) is 3.34. The Labute approximate surface area is 151 Å². The second kappa shape index (κ2) is 6.78. The summed E-state index contributed by atoms with van der Waals surface area (Å²) < 4.78 is 25.0. The summed E-state index contributed by atoms with van der Waals surface area (Å²) in [6.07, 6.45) is 0.932. The van der Waals surface area contributed by atoms with Crippen LogP contribution in [0.15, 0.2) is 47.5 Å². The minimum atomic E-state index is -1.01. The molecule has 2 aliphatic rings. The third-order valence-corrected chi connectivity index (χ3v) is 4.69. The highest BCUT2D eigenvalue weighted by Crippen LogP contribution is 2.38. The van der Waals surface area contributed by atoms with Crippen molar-refractivity contribution in [2.24, 2.45) is 4.99 Å². The van der Waals surface area contributed by atoms with E-state index in [-0.39, 0.29) is 24.9 Å². The Morgan fingerprint density at radius 3 is 2.81 bits per heavy atom. The predicted octanol–water partition coefficient (Wildman–Crippen LogP) is 3.54. The highest BCUT2D eigenvalue weighted by Gasteiger charge is 2.37. The van der Waals surface area contributed by atoms with Gasteiger partial charge in [-0.15, -0.1) is 0 Å². The van der Waals surface area contributed by atoms with Gasteiger partial charge in [-0.1, -0.05) is 30.3 Å². The van der Waals surface area contributed by atoms with Crippen LogP contribution in [0.3, 0.4) is 0 Å². The van der Waals surface area contributed by atoms with Crippen LogP contribution in [-0.4, -0.2) is 42.9 Å². The molecule has 5 nitrogen and oxygen atoms in total. The summed E-state index contributed by atoms with van der Waals surface area (Å²) in [5.41, 5.74) is 1.95. The average Bonchev–Trinajstić information content (AvgIpc) is 3.00. The lowest BCUT2D eigenvalue weighted by atomic mass is 10.1. The molecule has 2 aromatic rings. The molecule has 2 aliphatic heterocycles. The summed E-state index contributed by atoms with van der Waals surface area (Å²) in [5, 5.41) is 0. The standard InChI is InChI=1S/C20H19FN2O3/c1-25-18-8-16-17(9-19(18)26-12-13-5-3-2-4-6-13)22-10-15-7-14(21)11-23(15)20(16)24/h2-6,8-10,14-15H,7,11-12H2,1H3/t14-,15-/m0/s1. The molecule has 1 amide bonds. The lowest BCUT2D eigenvalue weighted by molar-refractivity contribution is 0.0765. The fourth-order valence-corrected chi connectivity index (χ4v) is 3.34. The van der Waals surface area contributed by atoms with Gasteiger partial charge in [0.15, 0.2) is 11.5 Å². The predicted molar refractivity (Wildman–Crippen MR) is 96.3 cm³/mol. The van der Waals surface area contributed by atoms with E-state index in [9.17, 15) is 9.18 Å². The second-order valence-electron chi connectivity index (χ2n) is 6.43. The summed E-state index contributed by atoms with van der Waals surface area (Å²) in [4.78, 5) is 18.8. The average molecular weight is 354 g/mol. The van der Waals surface area contributed by atoms with Crippen molar-refractivity contribution in [3.63, 3.8) is 0 Å². The topological polar surface area (TPSA) is 51.1 Å². The molecule has 1 fully saturated rings. The van der Waals surface area contributed by atoms with Crippen molar-refractivity contribution in [1.82, 2.24) is 4.90 Å². The number of hydrogen-bond donors (Lipinski definition) is 0. The molecular formula is C20H19FN2O3. The first kappa shape index (κ1) is 16.6. The van der Waals surface area contributed by atoms with Gasteiger partial charge in [-0.3, -0.25) is 9.79 Å². The monoisotopic (exact) mass is 354 g/mol. The summed E-state index contributed by atoms with van der Waals surface area (Å²) in [5.74, 6) is 0.749. The number of amides is 1. The Kier molecular flexibility index (Phi) is 4.32. The van der Waals surface area contributed by atoms with Gasteiger partial charge < -0.3 is 14.4 Å². The molecule has 2 atom stereocenters. The summed E-state index contributed by atoms with van der Waals surface area (Å²) in [6, 6.07) is 12.8. The minimum absolute atomic E-state index is 0.101. The molecule has 2 heterocycles. The van der Waals surface area contributed by atoms with Crippen LogP contribution in [0.1, 0.15) is 22.3 Å². The van der Waals surface area contributed by atoms with E-state index in [1.54, 1.807) is 18.3 Å². The van der Waals surface area contributed by atoms with Gasteiger partial charge in [0.05, 0.1) is 30.9 Å².